The topological polar surface area (TPSA) is 179 Å². The highest BCUT2D eigenvalue weighted by atomic mass is 16.7. The number of hydrogen-bond donors (Lipinski definition) is 0. The monoisotopic (exact) mass is 1580 g/mol. The summed E-state index contributed by atoms with van der Waals surface area (Å²) in [7, 11) is 10.9. The lowest BCUT2D eigenvalue weighted by atomic mass is 9.81. The highest BCUT2D eigenvalue weighted by Crippen LogP contribution is 2.37. The van der Waals surface area contributed by atoms with Gasteiger partial charge in [-0.1, -0.05) is 303 Å². The van der Waals surface area contributed by atoms with Crippen molar-refractivity contribution >= 4 is 75.6 Å². The van der Waals surface area contributed by atoms with Gasteiger partial charge in [-0.3, -0.25) is 43.2 Å². The molecule has 13 aromatic rings. The molecule has 600 valence electrons. The average molecular weight is 1590 g/mol. The fourth-order valence-corrected chi connectivity index (χ4v) is 14.4. The summed E-state index contributed by atoms with van der Waals surface area (Å²) in [6.07, 6.45) is 6.71. The van der Waals surface area contributed by atoms with Gasteiger partial charge in [0.25, 0.3) is 5.79 Å². The van der Waals surface area contributed by atoms with Crippen LogP contribution in [0.25, 0.3) is 23.3 Å². The molecule has 4 aliphatic carbocycles. The number of benzene rings is 13. The van der Waals surface area contributed by atoms with Gasteiger partial charge in [0.05, 0.1) is 6.42 Å². The number of Topliss-reactive ketones (excluding diaryl/α,β-unsaturated/α-hetero) is 4. The second-order valence-corrected chi connectivity index (χ2v) is 30.0. The number of hydrogen-bond acceptors (Lipinski definition) is 13. The Hall–Kier alpha value is -14.1. The van der Waals surface area contributed by atoms with Gasteiger partial charge in [0.15, 0.2) is 40.5 Å². The summed E-state index contributed by atoms with van der Waals surface area (Å²) in [6.45, 7) is 7.79. The van der Waals surface area contributed by atoms with Crippen LogP contribution in [0.15, 0.2) is 345 Å². The van der Waals surface area contributed by atoms with Crippen LogP contribution in [0.4, 0.5) is 11.4 Å². The molecule has 4 aliphatic rings. The maximum Gasteiger partial charge on any atom is 0.260 e. The normalized spacial score (nSPS) is 13.6. The molecule has 1 fully saturated rings. The van der Waals surface area contributed by atoms with Crippen molar-refractivity contribution < 1.29 is 52.6 Å². The minimum atomic E-state index is -1.40. The number of allylic oxidation sites excluding steroid dienone is 2. The van der Waals surface area contributed by atoms with Crippen molar-refractivity contribution in [3.63, 3.8) is 0 Å². The summed E-state index contributed by atoms with van der Waals surface area (Å²) in [5, 5.41) is 0. The molecule has 0 saturated heterocycles. The summed E-state index contributed by atoms with van der Waals surface area (Å²) in [6, 6.07) is 104. The molecule has 0 amide bonds. The van der Waals surface area contributed by atoms with Crippen molar-refractivity contribution in [2.24, 2.45) is 5.92 Å². The van der Waals surface area contributed by atoms with Crippen molar-refractivity contribution in [2.75, 3.05) is 52.2 Å². The number of rotatable bonds is 14. The van der Waals surface area contributed by atoms with Crippen LogP contribution < -0.4 is 9.80 Å². The molecular weight excluding hydrogens is 1490 g/mol. The SMILES string of the molecule is CC(=O)CC(=O)c1ccccc1.CN(C)c1ccc(C(=O)c2ccc(N(C)C)cc2)cc1.COC(OC)(C(=O)c1ccccc1)c1ccccc1.Cc1ccc(/C=C2\CC(C)C/C(=C\c3ccc(C)cc3)C2=O)cc1.O=C1c2ccccc2-c2ccccc21.O=C1c2ccccc2C(=O)c2ccccc21.O=C1c2ccccc2Cc2ccccc21. The van der Waals surface area contributed by atoms with E-state index < -0.39 is 5.79 Å². The van der Waals surface area contributed by atoms with Gasteiger partial charge in [-0.05, 0) is 140 Å². The number of ether oxygens (including phenoxy) is 2. The Labute approximate surface area is 703 Å². The van der Waals surface area contributed by atoms with Gasteiger partial charge < -0.3 is 19.3 Å². The fraction of sp³-hybridized carbons (Fsp3) is 0.150. The molecule has 0 spiro atoms. The molecule has 1 saturated carbocycles. The lowest BCUT2D eigenvalue weighted by Crippen LogP contribution is -2.39. The summed E-state index contributed by atoms with van der Waals surface area (Å²) in [5.74, 6) is -0.884. The number of methoxy groups -OCH3 is 2. The molecule has 0 aliphatic heterocycles. The van der Waals surface area contributed by atoms with Crippen LogP contribution in [-0.4, -0.2) is 94.5 Å². The molecular formula is C107H96N2O11. The number of carbonyl (C=O) groups is 9. The van der Waals surface area contributed by atoms with E-state index >= 15 is 0 Å². The first-order valence-electron chi connectivity index (χ1n) is 39.7. The molecule has 13 nitrogen and oxygen atoms in total. The summed E-state index contributed by atoms with van der Waals surface area (Å²) < 4.78 is 10.8. The third-order valence-electron chi connectivity index (χ3n) is 20.8. The maximum atomic E-state index is 12.9. The standard InChI is InChI=1S/C23H24O.C17H20N2O.C16H16O3.C14H8O2.C14H10O.C13H8O.C10H10O2/c1-16-4-8-19(9-5-16)14-21-12-18(3)13-22(23(21)24)15-20-10-6-17(2)7-11-20;1-18(2)15-9-5-13(6-10-15)17(20)14-7-11-16(12-8-14)19(3)4;1-18-16(19-2,14-11-7-4-8-12-14)15(17)13-9-5-3-6-10-13;15-13-9-5-1-2-6-10(9)14(16)12-8-4-3-7-11(12)13;15-14-12-7-3-1-5-10(12)9-11-6-2-4-8-13(11)14;14-13-11-7-3-1-5-9(11)10-6-2-4-8-12(10)13;1-8(11)7-10(12)9-5-3-2-4-6-9/h4-11,14-15,18H,12-13H2,1-3H3;5-12H,1-4H3;3-12H,1-2H3;1-8H;1-8H,9H2;1-8H;2-6H,7H2,1H3/b21-14+,22-15+;;;;;;. The Kier molecular flexibility index (Phi) is 29.7. The first-order chi connectivity index (χ1) is 58.0. The zero-order valence-electron chi connectivity index (χ0n) is 69.2. The second kappa shape index (κ2) is 41.1. The Morgan fingerprint density at radius 2 is 0.650 bits per heavy atom. The van der Waals surface area contributed by atoms with Gasteiger partial charge in [-0.15, -0.1) is 0 Å². The largest absolute Gasteiger partial charge is 0.378 e. The van der Waals surface area contributed by atoms with Crippen LogP contribution in [-0.2, 0) is 31.3 Å². The van der Waals surface area contributed by atoms with Gasteiger partial charge in [0.2, 0.25) is 5.78 Å². The molecule has 0 aromatic heterocycles. The molecule has 0 unspecified atom stereocenters. The predicted octanol–water partition coefficient (Wildman–Crippen LogP) is 21.9. The Balaban J connectivity index is 0.000000138. The second-order valence-electron chi connectivity index (χ2n) is 30.0. The van der Waals surface area contributed by atoms with Crippen molar-refractivity contribution in [2.45, 2.75) is 59.2 Å². The van der Waals surface area contributed by atoms with Crippen LogP contribution in [0, 0.1) is 19.8 Å². The molecule has 13 heteroatoms. The number of carbonyl (C=O) groups excluding carboxylic acids is 9. The van der Waals surface area contributed by atoms with Gasteiger partial charge in [0.1, 0.15) is 5.78 Å². The quantitative estimate of drug-likeness (QED) is 0.0435. The molecule has 0 atom stereocenters. The Morgan fingerprint density at radius 1 is 0.350 bits per heavy atom. The maximum absolute atomic E-state index is 12.9. The molecule has 13 aromatic carbocycles. The van der Waals surface area contributed by atoms with Crippen molar-refractivity contribution in [1.82, 2.24) is 0 Å². The third-order valence-corrected chi connectivity index (χ3v) is 20.8. The number of ketones is 9. The van der Waals surface area contributed by atoms with Gasteiger partial charge in [-0.25, -0.2) is 0 Å². The lowest BCUT2D eigenvalue weighted by molar-refractivity contribution is -0.176. The fourth-order valence-electron chi connectivity index (χ4n) is 14.4. The first kappa shape index (κ1) is 86.7. The highest BCUT2D eigenvalue weighted by Gasteiger charge is 2.41. The molecule has 0 N–H and O–H groups in total. The van der Waals surface area contributed by atoms with Gasteiger partial charge in [-0.2, -0.15) is 0 Å². The number of anilines is 2. The van der Waals surface area contributed by atoms with Gasteiger partial charge >= 0.3 is 0 Å². The van der Waals surface area contributed by atoms with Crippen LogP contribution in [0.5, 0.6) is 0 Å². The number of nitrogens with zero attached hydrogens (tertiary/aromatic N) is 2. The van der Waals surface area contributed by atoms with E-state index in [2.05, 4.69) is 81.5 Å². The van der Waals surface area contributed by atoms with E-state index in [0.29, 0.717) is 56.0 Å². The lowest BCUT2D eigenvalue weighted by Gasteiger charge is -2.29. The zero-order valence-corrected chi connectivity index (χ0v) is 69.2. The van der Waals surface area contributed by atoms with Crippen LogP contribution in [0.1, 0.15) is 172 Å². The van der Waals surface area contributed by atoms with Crippen LogP contribution >= 0.6 is 0 Å². The average Bonchev–Trinajstić information content (AvgIpc) is 1.34. The highest BCUT2D eigenvalue weighted by molar-refractivity contribution is 6.28. The smallest absolute Gasteiger partial charge is 0.260 e. The zero-order chi connectivity index (χ0) is 85.4. The van der Waals surface area contributed by atoms with E-state index in [1.807, 2.05) is 238 Å². The predicted molar refractivity (Wildman–Crippen MR) is 480 cm³/mol. The van der Waals surface area contributed by atoms with Crippen LogP contribution in [0.3, 0.4) is 0 Å². The van der Waals surface area contributed by atoms with E-state index in [1.54, 1.807) is 84.9 Å². The van der Waals surface area contributed by atoms with Crippen molar-refractivity contribution in [1.29, 1.82) is 0 Å². The van der Waals surface area contributed by atoms with E-state index in [9.17, 15) is 43.2 Å². The molecule has 0 bridgehead atoms. The minimum Gasteiger partial charge on any atom is -0.378 e. The van der Waals surface area contributed by atoms with Crippen molar-refractivity contribution in [3.8, 4) is 11.1 Å². The van der Waals surface area contributed by atoms with E-state index in [1.165, 1.54) is 32.3 Å². The van der Waals surface area contributed by atoms with E-state index in [-0.39, 0.29) is 58.5 Å². The molecule has 120 heavy (non-hydrogen) atoms. The Morgan fingerprint density at radius 3 is 0.992 bits per heavy atom. The molecule has 0 radical (unpaired) electrons. The third kappa shape index (κ3) is 21.6. The minimum absolute atomic E-state index is 0.00398. The summed E-state index contributed by atoms with van der Waals surface area (Å²) in [4.78, 5) is 112. The summed E-state index contributed by atoms with van der Waals surface area (Å²) >= 11 is 0. The first-order valence-corrected chi connectivity index (χ1v) is 39.7. The number of fused-ring (bicyclic) bond motifs is 7. The number of aryl methyl sites for hydroxylation is 2. The van der Waals surface area contributed by atoms with E-state index in [4.69, 9.17) is 9.47 Å². The molecule has 0 heterocycles. The van der Waals surface area contributed by atoms with Gasteiger partial charge in [0, 0.05) is 137 Å². The Bertz CT molecular complexity index is 5580. The van der Waals surface area contributed by atoms with Crippen molar-refractivity contribution in [3.05, 3.63) is 451 Å². The molecule has 17 rings (SSSR count). The van der Waals surface area contributed by atoms with Crippen LogP contribution in [0.2, 0.25) is 0 Å². The van der Waals surface area contributed by atoms with E-state index in [0.717, 1.165) is 97.4 Å². The summed E-state index contributed by atoms with van der Waals surface area (Å²) in [5.41, 5.74) is 21.8.